The van der Waals surface area contributed by atoms with E-state index in [2.05, 4.69) is 0 Å². The van der Waals surface area contributed by atoms with Gasteiger partial charge in [-0.2, -0.15) is 0 Å². The summed E-state index contributed by atoms with van der Waals surface area (Å²) in [5.41, 5.74) is -0.371. The summed E-state index contributed by atoms with van der Waals surface area (Å²) in [4.78, 5) is 13.0. The third-order valence-electron chi connectivity index (χ3n) is 2.93. The molecule has 0 saturated heterocycles. The summed E-state index contributed by atoms with van der Waals surface area (Å²) in [5, 5.41) is 0. The van der Waals surface area contributed by atoms with Crippen LogP contribution in [0.4, 0.5) is 17.6 Å². The Balaban J connectivity index is 2.21. The topological polar surface area (TPSA) is 20.3 Å². The Morgan fingerprint density at radius 1 is 0.952 bits per heavy atom. The zero-order chi connectivity index (χ0) is 15.6. The summed E-state index contributed by atoms with van der Waals surface area (Å²) < 4.78 is 52.9. The lowest BCUT2D eigenvalue weighted by Gasteiger charge is -2.18. The first kappa shape index (κ1) is 15.0. The van der Waals surface area contributed by atoms with Crippen LogP contribution in [-0.2, 0) is 6.54 Å². The summed E-state index contributed by atoms with van der Waals surface area (Å²) >= 11 is 0. The first-order valence-corrected chi connectivity index (χ1v) is 6.03. The second kappa shape index (κ2) is 5.95. The largest absolute Gasteiger partial charge is 0.337 e. The number of hydrogen-bond donors (Lipinski definition) is 0. The van der Waals surface area contributed by atoms with Crippen LogP contribution in [-0.4, -0.2) is 17.9 Å². The Hall–Kier alpha value is -2.37. The van der Waals surface area contributed by atoms with Gasteiger partial charge in [0, 0.05) is 25.2 Å². The number of carbonyl (C=O) groups excluding carboxylic acids is 1. The lowest BCUT2D eigenvalue weighted by atomic mass is 10.1. The Labute approximate surface area is 118 Å². The highest BCUT2D eigenvalue weighted by atomic mass is 19.1. The number of carbonyl (C=O) groups is 1. The molecule has 110 valence electrons. The quantitative estimate of drug-likeness (QED) is 0.794. The highest BCUT2D eigenvalue weighted by Gasteiger charge is 2.18. The van der Waals surface area contributed by atoms with Crippen molar-refractivity contribution in [2.24, 2.45) is 0 Å². The standard InChI is InChI=1S/C15H11F4NO/c1-20(8-9-2-3-11(17)7-14(9)19)15(21)12-6-10(16)4-5-13(12)18/h2-7H,8H2,1H3. The van der Waals surface area contributed by atoms with Gasteiger partial charge in [0.1, 0.15) is 23.3 Å². The van der Waals surface area contributed by atoms with Crippen LogP contribution in [0.5, 0.6) is 0 Å². The summed E-state index contributed by atoms with van der Waals surface area (Å²) in [6.45, 7) is -0.194. The van der Waals surface area contributed by atoms with Crippen LogP contribution in [0.15, 0.2) is 36.4 Å². The Bertz CT molecular complexity index is 687. The molecule has 0 fully saturated rings. The molecule has 2 nitrogen and oxygen atoms in total. The van der Waals surface area contributed by atoms with Gasteiger partial charge in [0.05, 0.1) is 5.56 Å². The normalized spacial score (nSPS) is 10.5. The Morgan fingerprint density at radius 2 is 1.57 bits per heavy atom. The van der Waals surface area contributed by atoms with Gasteiger partial charge in [-0.1, -0.05) is 6.07 Å². The zero-order valence-corrected chi connectivity index (χ0v) is 11.0. The van der Waals surface area contributed by atoms with E-state index in [-0.39, 0.29) is 12.1 Å². The van der Waals surface area contributed by atoms with Gasteiger partial charge in [0.2, 0.25) is 0 Å². The van der Waals surface area contributed by atoms with Crippen molar-refractivity contribution < 1.29 is 22.4 Å². The molecule has 0 N–H and O–H groups in total. The molecular weight excluding hydrogens is 286 g/mol. The maximum Gasteiger partial charge on any atom is 0.256 e. The molecule has 0 aliphatic carbocycles. The molecule has 0 heterocycles. The fourth-order valence-corrected chi connectivity index (χ4v) is 1.84. The Morgan fingerprint density at radius 3 is 2.24 bits per heavy atom. The second-order valence-corrected chi connectivity index (χ2v) is 4.52. The van der Waals surface area contributed by atoms with E-state index < -0.39 is 34.7 Å². The van der Waals surface area contributed by atoms with Crippen molar-refractivity contribution in [1.29, 1.82) is 0 Å². The van der Waals surface area contributed by atoms with Crippen LogP contribution in [0.25, 0.3) is 0 Å². The first-order chi connectivity index (χ1) is 9.88. The number of hydrogen-bond acceptors (Lipinski definition) is 1. The Kier molecular flexibility index (Phi) is 4.26. The van der Waals surface area contributed by atoms with Gasteiger partial charge < -0.3 is 4.90 Å². The van der Waals surface area contributed by atoms with E-state index >= 15 is 0 Å². The fraction of sp³-hybridized carbons (Fsp3) is 0.133. The smallest absolute Gasteiger partial charge is 0.256 e. The molecule has 0 aliphatic rings. The molecule has 0 atom stereocenters. The van der Waals surface area contributed by atoms with Gasteiger partial charge in [-0.25, -0.2) is 17.6 Å². The number of halogens is 4. The van der Waals surface area contributed by atoms with Gasteiger partial charge in [-0.05, 0) is 24.3 Å². The molecule has 0 aliphatic heterocycles. The van der Waals surface area contributed by atoms with Crippen LogP contribution in [0.2, 0.25) is 0 Å². The minimum Gasteiger partial charge on any atom is -0.337 e. The van der Waals surface area contributed by atoms with Gasteiger partial charge >= 0.3 is 0 Å². The molecule has 6 heteroatoms. The maximum absolute atomic E-state index is 13.5. The molecule has 0 aromatic heterocycles. The van der Waals surface area contributed by atoms with Crippen LogP contribution in [0, 0.1) is 23.3 Å². The molecule has 2 rings (SSSR count). The third kappa shape index (κ3) is 3.39. The van der Waals surface area contributed by atoms with E-state index in [0.717, 1.165) is 29.2 Å². The predicted molar refractivity (Wildman–Crippen MR) is 68.5 cm³/mol. The SMILES string of the molecule is CN(Cc1ccc(F)cc1F)C(=O)c1cc(F)ccc1F. The molecule has 2 aromatic carbocycles. The fourth-order valence-electron chi connectivity index (χ4n) is 1.84. The van der Waals surface area contributed by atoms with Crippen molar-refractivity contribution in [2.45, 2.75) is 6.54 Å². The van der Waals surface area contributed by atoms with E-state index in [1.165, 1.54) is 13.1 Å². The van der Waals surface area contributed by atoms with E-state index in [4.69, 9.17) is 0 Å². The summed E-state index contributed by atoms with van der Waals surface area (Å²) in [5.74, 6) is -3.96. The zero-order valence-electron chi connectivity index (χ0n) is 11.0. The van der Waals surface area contributed by atoms with Gasteiger partial charge in [-0.15, -0.1) is 0 Å². The molecule has 21 heavy (non-hydrogen) atoms. The summed E-state index contributed by atoms with van der Waals surface area (Å²) in [7, 11) is 1.31. The molecule has 1 amide bonds. The molecule has 0 spiro atoms. The van der Waals surface area contributed by atoms with E-state index in [0.29, 0.717) is 6.07 Å². The lowest BCUT2D eigenvalue weighted by Crippen LogP contribution is -2.27. The van der Waals surface area contributed by atoms with Crippen molar-refractivity contribution in [1.82, 2.24) is 4.90 Å². The van der Waals surface area contributed by atoms with Crippen molar-refractivity contribution in [3.8, 4) is 0 Å². The lowest BCUT2D eigenvalue weighted by molar-refractivity contribution is 0.0778. The minimum absolute atomic E-state index is 0.0732. The van der Waals surface area contributed by atoms with Crippen molar-refractivity contribution in [2.75, 3.05) is 7.05 Å². The number of amides is 1. The summed E-state index contributed by atoms with van der Waals surface area (Å²) in [6, 6.07) is 5.45. The molecule has 0 unspecified atom stereocenters. The third-order valence-corrected chi connectivity index (χ3v) is 2.93. The molecule has 0 bridgehead atoms. The molecule has 0 saturated carbocycles. The number of rotatable bonds is 3. The van der Waals surface area contributed by atoms with Crippen LogP contribution >= 0.6 is 0 Å². The number of benzene rings is 2. The molecular formula is C15H11F4NO. The average Bonchev–Trinajstić information content (AvgIpc) is 2.43. The highest BCUT2D eigenvalue weighted by molar-refractivity contribution is 5.94. The van der Waals surface area contributed by atoms with Crippen LogP contribution in [0.1, 0.15) is 15.9 Å². The van der Waals surface area contributed by atoms with E-state index in [9.17, 15) is 22.4 Å². The van der Waals surface area contributed by atoms with Crippen LogP contribution < -0.4 is 0 Å². The van der Waals surface area contributed by atoms with Crippen LogP contribution in [0.3, 0.4) is 0 Å². The van der Waals surface area contributed by atoms with Crippen molar-refractivity contribution in [3.05, 3.63) is 70.8 Å². The molecule has 0 radical (unpaired) electrons. The highest BCUT2D eigenvalue weighted by Crippen LogP contribution is 2.16. The monoisotopic (exact) mass is 297 g/mol. The van der Waals surface area contributed by atoms with Crippen molar-refractivity contribution >= 4 is 5.91 Å². The maximum atomic E-state index is 13.5. The predicted octanol–water partition coefficient (Wildman–Crippen LogP) is 3.52. The first-order valence-electron chi connectivity index (χ1n) is 6.03. The van der Waals surface area contributed by atoms with Gasteiger partial charge in [-0.3, -0.25) is 4.79 Å². The summed E-state index contributed by atoms with van der Waals surface area (Å²) in [6.07, 6.45) is 0. The van der Waals surface area contributed by atoms with E-state index in [1.807, 2.05) is 0 Å². The average molecular weight is 297 g/mol. The van der Waals surface area contributed by atoms with Gasteiger partial charge in [0.15, 0.2) is 0 Å². The van der Waals surface area contributed by atoms with Gasteiger partial charge in [0.25, 0.3) is 5.91 Å². The minimum atomic E-state index is -0.868. The second-order valence-electron chi connectivity index (χ2n) is 4.52. The van der Waals surface area contributed by atoms with Crippen molar-refractivity contribution in [3.63, 3.8) is 0 Å². The van der Waals surface area contributed by atoms with E-state index in [1.54, 1.807) is 0 Å². The molecule has 2 aromatic rings. The number of nitrogens with zero attached hydrogens (tertiary/aromatic N) is 1.